The van der Waals surface area contributed by atoms with Crippen molar-refractivity contribution in [3.05, 3.63) is 47.7 Å². The van der Waals surface area contributed by atoms with E-state index in [0.717, 1.165) is 11.3 Å². The normalized spacial score (nSPS) is 12.5. The van der Waals surface area contributed by atoms with Gasteiger partial charge in [-0.3, -0.25) is 9.97 Å². The molecule has 0 aromatic carbocycles. The summed E-state index contributed by atoms with van der Waals surface area (Å²) in [5.74, 6) is -0.275. The Balaban J connectivity index is 2.66. The predicted octanol–water partition coefficient (Wildman–Crippen LogP) is 4.88. The Morgan fingerprint density at radius 3 is 2.19 bits per heavy atom. The lowest BCUT2D eigenvalue weighted by Gasteiger charge is -2.24. The van der Waals surface area contributed by atoms with Crippen molar-refractivity contribution in [3.63, 3.8) is 0 Å². The fourth-order valence-corrected chi connectivity index (χ4v) is 2.44. The number of aromatic nitrogens is 2. The maximum atomic E-state index is 14.3. The van der Waals surface area contributed by atoms with Crippen molar-refractivity contribution >= 4 is 0 Å². The molecule has 0 aliphatic heterocycles. The molecule has 21 heavy (non-hydrogen) atoms. The number of hydrogen-bond donors (Lipinski definition) is 0. The minimum Gasteiger partial charge on any atom is -0.261 e. The highest BCUT2D eigenvalue weighted by atomic mass is 19.1. The SMILES string of the molecule is CC(C)(C)c1ccnc(-c2cncc(F)c2C(C)(C)C)c1. The van der Waals surface area contributed by atoms with Crippen molar-refractivity contribution in [1.82, 2.24) is 9.97 Å². The Morgan fingerprint density at radius 1 is 0.952 bits per heavy atom. The summed E-state index contributed by atoms with van der Waals surface area (Å²) in [7, 11) is 0. The van der Waals surface area contributed by atoms with Crippen LogP contribution in [0.25, 0.3) is 11.3 Å². The first-order valence-corrected chi connectivity index (χ1v) is 7.21. The summed E-state index contributed by atoms with van der Waals surface area (Å²) in [5, 5.41) is 0. The van der Waals surface area contributed by atoms with Crippen LogP contribution in [0, 0.1) is 5.82 Å². The summed E-state index contributed by atoms with van der Waals surface area (Å²) in [6.45, 7) is 12.5. The van der Waals surface area contributed by atoms with Crippen LogP contribution in [0.4, 0.5) is 4.39 Å². The molecule has 0 aliphatic rings. The van der Waals surface area contributed by atoms with Gasteiger partial charge in [0.2, 0.25) is 0 Å². The summed E-state index contributed by atoms with van der Waals surface area (Å²) in [6.07, 6.45) is 4.77. The highest BCUT2D eigenvalue weighted by molar-refractivity contribution is 5.65. The van der Waals surface area contributed by atoms with Crippen LogP contribution in [0.15, 0.2) is 30.7 Å². The smallest absolute Gasteiger partial charge is 0.145 e. The first kappa shape index (κ1) is 15.6. The Kier molecular flexibility index (Phi) is 3.87. The van der Waals surface area contributed by atoms with Crippen LogP contribution in [0.1, 0.15) is 52.7 Å². The zero-order chi connectivity index (χ0) is 15.8. The van der Waals surface area contributed by atoms with E-state index < -0.39 is 0 Å². The van der Waals surface area contributed by atoms with E-state index in [9.17, 15) is 4.39 Å². The van der Waals surface area contributed by atoms with Gasteiger partial charge >= 0.3 is 0 Å². The second-order valence-corrected chi connectivity index (χ2v) is 7.47. The molecule has 3 heteroatoms. The van der Waals surface area contributed by atoms with E-state index in [2.05, 4.69) is 30.7 Å². The maximum absolute atomic E-state index is 14.3. The van der Waals surface area contributed by atoms with Gasteiger partial charge in [-0.2, -0.15) is 0 Å². The quantitative estimate of drug-likeness (QED) is 0.747. The lowest BCUT2D eigenvalue weighted by molar-refractivity contribution is 0.520. The van der Waals surface area contributed by atoms with Crippen LogP contribution in [-0.2, 0) is 10.8 Å². The van der Waals surface area contributed by atoms with Crippen LogP contribution in [0.3, 0.4) is 0 Å². The van der Waals surface area contributed by atoms with Gasteiger partial charge < -0.3 is 0 Å². The van der Waals surface area contributed by atoms with Gasteiger partial charge in [-0.15, -0.1) is 0 Å². The van der Waals surface area contributed by atoms with Crippen LogP contribution < -0.4 is 0 Å². The molecule has 2 aromatic rings. The maximum Gasteiger partial charge on any atom is 0.145 e. The van der Waals surface area contributed by atoms with E-state index in [1.807, 2.05) is 32.9 Å². The topological polar surface area (TPSA) is 25.8 Å². The second kappa shape index (κ2) is 5.21. The number of pyridine rings is 2. The lowest BCUT2D eigenvalue weighted by atomic mass is 9.82. The zero-order valence-electron chi connectivity index (χ0n) is 13.7. The van der Waals surface area contributed by atoms with Gasteiger partial charge in [0.25, 0.3) is 0 Å². The van der Waals surface area contributed by atoms with Gasteiger partial charge in [-0.25, -0.2) is 4.39 Å². The minimum atomic E-state index is -0.304. The third-order valence-corrected chi connectivity index (χ3v) is 3.55. The molecular formula is C18H23FN2. The molecule has 0 saturated heterocycles. The van der Waals surface area contributed by atoms with E-state index in [4.69, 9.17) is 0 Å². The standard InChI is InChI=1S/C18H23FN2/c1-17(2,3)12-7-8-21-15(9-12)13-10-20-11-14(19)16(13)18(4,5)6/h7-11H,1-6H3. The molecule has 0 N–H and O–H groups in total. The third-order valence-electron chi connectivity index (χ3n) is 3.55. The molecule has 0 amide bonds. The number of nitrogens with zero attached hydrogens (tertiary/aromatic N) is 2. The van der Waals surface area contributed by atoms with E-state index in [-0.39, 0.29) is 16.6 Å². The molecule has 112 valence electrons. The summed E-state index contributed by atoms with van der Waals surface area (Å²) in [5.41, 5.74) is 3.11. The molecule has 2 aromatic heterocycles. The monoisotopic (exact) mass is 286 g/mol. The van der Waals surface area contributed by atoms with Crippen molar-refractivity contribution in [1.29, 1.82) is 0 Å². The van der Waals surface area contributed by atoms with E-state index in [1.165, 1.54) is 11.8 Å². The molecule has 2 rings (SSSR count). The first-order valence-electron chi connectivity index (χ1n) is 7.21. The number of rotatable bonds is 1. The fraction of sp³-hybridized carbons (Fsp3) is 0.444. The van der Waals surface area contributed by atoms with E-state index in [0.29, 0.717) is 5.56 Å². The predicted molar refractivity (Wildman–Crippen MR) is 84.8 cm³/mol. The van der Waals surface area contributed by atoms with Crippen molar-refractivity contribution < 1.29 is 4.39 Å². The Hall–Kier alpha value is -1.77. The van der Waals surface area contributed by atoms with Gasteiger partial charge in [0.1, 0.15) is 5.82 Å². The highest BCUT2D eigenvalue weighted by Crippen LogP contribution is 2.34. The molecule has 2 heterocycles. The molecule has 2 nitrogen and oxygen atoms in total. The van der Waals surface area contributed by atoms with Crippen molar-refractivity contribution in [2.45, 2.75) is 52.4 Å². The molecule has 0 radical (unpaired) electrons. The summed E-state index contributed by atoms with van der Waals surface area (Å²) in [4.78, 5) is 8.44. The lowest BCUT2D eigenvalue weighted by Crippen LogP contribution is -2.16. The molecule has 0 fully saturated rings. The summed E-state index contributed by atoms with van der Waals surface area (Å²) in [6, 6.07) is 4.04. The molecule has 0 saturated carbocycles. The number of hydrogen-bond acceptors (Lipinski definition) is 2. The van der Waals surface area contributed by atoms with Gasteiger partial charge in [0.05, 0.1) is 11.9 Å². The highest BCUT2D eigenvalue weighted by Gasteiger charge is 2.24. The van der Waals surface area contributed by atoms with E-state index in [1.54, 1.807) is 12.4 Å². The Labute approximate surface area is 126 Å². The van der Waals surface area contributed by atoms with Gasteiger partial charge in [0, 0.05) is 23.5 Å². The Morgan fingerprint density at radius 2 is 1.62 bits per heavy atom. The number of halogens is 1. The van der Waals surface area contributed by atoms with E-state index >= 15 is 0 Å². The fourth-order valence-electron chi connectivity index (χ4n) is 2.44. The zero-order valence-corrected chi connectivity index (χ0v) is 13.7. The van der Waals surface area contributed by atoms with Crippen molar-refractivity contribution in [2.24, 2.45) is 0 Å². The van der Waals surface area contributed by atoms with Crippen molar-refractivity contribution in [3.8, 4) is 11.3 Å². The van der Waals surface area contributed by atoms with Gasteiger partial charge in [-0.05, 0) is 28.5 Å². The molecule has 0 bridgehead atoms. The summed E-state index contributed by atoms with van der Waals surface area (Å²) >= 11 is 0. The summed E-state index contributed by atoms with van der Waals surface area (Å²) < 4.78 is 14.3. The van der Waals surface area contributed by atoms with Gasteiger partial charge in [0.15, 0.2) is 0 Å². The largest absolute Gasteiger partial charge is 0.261 e. The Bertz CT molecular complexity index is 649. The minimum absolute atomic E-state index is 0.0281. The van der Waals surface area contributed by atoms with Crippen LogP contribution in [0.2, 0.25) is 0 Å². The third kappa shape index (κ3) is 3.29. The molecule has 0 aliphatic carbocycles. The molecule has 0 spiro atoms. The average molecular weight is 286 g/mol. The molecule has 0 unspecified atom stereocenters. The van der Waals surface area contributed by atoms with Gasteiger partial charge in [-0.1, -0.05) is 41.5 Å². The van der Waals surface area contributed by atoms with Crippen LogP contribution >= 0.6 is 0 Å². The average Bonchev–Trinajstić information content (AvgIpc) is 2.36. The molecular weight excluding hydrogens is 263 g/mol. The van der Waals surface area contributed by atoms with Crippen LogP contribution in [0.5, 0.6) is 0 Å². The van der Waals surface area contributed by atoms with Crippen molar-refractivity contribution in [2.75, 3.05) is 0 Å². The van der Waals surface area contributed by atoms with Crippen LogP contribution in [-0.4, -0.2) is 9.97 Å². The molecule has 0 atom stereocenters. The second-order valence-electron chi connectivity index (χ2n) is 7.47. The first-order chi connectivity index (χ1) is 9.60.